The van der Waals surface area contributed by atoms with E-state index in [-0.39, 0.29) is 12.2 Å². The van der Waals surface area contributed by atoms with Crippen LogP contribution in [0.15, 0.2) is 53.8 Å². The lowest BCUT2D eigenvalue weighted by Gasteiger charge is -2.13. The molecule has 0 amide bonds. The Balaban J connectivity index is 2.01. The van der Waals surface area contributed by atoms with Crippen LogP contribution >= 0.6 is 23.2 Å². The molecule has 2 aromatic carbocycles. The number of halogens is 2. The molecule has 1 aliphatic heterocycles. The smallest absolute Gasteiger partial charge is 0.356 e. The fourth-order valence-corrected chi connectivity index (χ4v) is 3.33. The van der Waals surface area contributed by atoms with Gasteiger partial charge in [0.25, 0.3) is 0 Å². The van der Waals surface area contributed by atoms with Crippen molar-refractivity contribution in [2.45, 2.75) is 6.54 Å². The molecule has 0 spiro atoms. The first kappa shape index (κ1) is 15.9. The van der Waals surface area contributed by atoms with E-state index in [0.717, 1.165) is 16.8 Å². The highest BCUT2D eigenvalue weighted by molar-refractivity contribution is 6.36. The highest BCUT2D eigenvalue weighted by Gasteiger charge is 2.25. The summed E-state index contributed by atoms with van der Waals surface area (Å²) < 4.78 is 1.72. The largest absolute Gasteiger partial charge is 0.476 e. The van der Waals surface area contributed by atoms with Crippen molar-refractivity contribution in [3.63, 3.8) is 0 Å². The first-order valence-electron chi connectivity index (χ1n) is 7.45. The van der Waals surface area contributed by atoms with Crippen molar-refractivity contribution >= 4 is 34.9 Å². The van der Waals surface area contributed by atoms with Crippen LogP contribution in [0.5, 0.6) is 0 Å². The summed E-state index contributed by atoms with van der Waals surface area (Å²) in [5.41, 5.74) is 3.48. The van der Waals surface area contributed by atoms with Gasteiger partial charge in [0.2, 0.25) is 0 Å². The predicted molar refractivity (Wildman–Crippen MR) is 96.3 cm³/mol. The number of aromatic nitrogens is 2. The first-order valence-corrected chi connectivity index (χ1v) is 8.21. The van der Waals surface area contributed by atoms with Gasteiger partial charge in [0, 0.05) is 21.2 Å². The molecule has 5 nitrogen and oxygen atoms in total. The fourth-order valence-electron chi connectivity index (χ4n) is 2.94. The van der Waals surface area contributed by atoms with Crippen molar-refractivity contribution in [3.8, 4) is 5.69 Å². The Morgan fingerprint density at radius 2 is 1.92 bits per heavy atom. The second-order valence-electron chi connectivity index (χ2n) is 5.52. The number of aromatic carboxylic acids is 1. The summed E-state index contributed by atoms with van der Waals surface area (Å²) in [5, 5.41) is 10.5. The van der Waals surface area contributed by atoms with Crippen molar-refractivity contribution in [3.05, 3.63) is 81.4 Å². The highest BCUT2D eigenvalue weighted by atomic mass is 35.5. The van der Waals surface area contributed by atoms with Crippen molar-refractivity contribution in [2.24, 2.45) is 4.99 Å². The zero-order valence-electron chi connectivity index (χ0n) is 12.8. The molecule has 0 atom stereocenters. The lowest BCUT2D eigenvalue weighted by Crippen LogP contribution is -2.07. The summed E-state index contributed by atoms with van der Waals surface area (Å²) in [7, 11) is 0. The Bertz CT molecular complexity index is 1040. The minimum absolute atomic E-state index is 0.0184. The maximum atomic E-state index is 11.5. The lowest BCUT2D eigenvalue weighted by atomic mass is 10.0. The zero-order chi connectivity index (χ0) is 17.6. The third-order valence-electron chi connectivity index (χ3n) is 4.06. The van der Waals surface area contributed by atoms with Crippen molar-refractivity contribution < 1.29 is 9.90 Å². The predicted octanol–water partition coefficient (Wildman–Crippen LogP) is 4.23. The van der Waals surface area contributed by atoms with E-state index in [1.54, 1.807) is 22.8 Å². The monoisotopic (exact) mass is 371 g/mol. The van der Waals surface area contributed by atoms with Gasteiger partial charge in [-0.2, -0.15) is 0 Å². The second-order valence-corrected chi connectivity index (χ2v) is 6.36. The number of imidazole rings is 1. The maximum absolute atomic E-state index is 11.5. The van der Waals surface area contributed by atoms with E-state index in [0.29, 0.717) is 21.5 Å². The molecular formula is C18H11Cl2N3O2. The van der Waals surface area contributed by atoms with Crippen LogP contribution in [0.2, 0.25) is 10.0 Å². The summed E-state index contributed by atoms with van der Waals surface area (Å²) in [6, 6.07) is 12.8. The average molecular weight is 372 g/mol. The Labute approximate surface area is 153 Å². The summed E-state index contributed by atoms with van der Waals surface area (Å²) in [6.07, 6.45) is 1.49. The number of carboxylic acids is 1. The molecule has 3 aromatic rings. The van der Waals surface area contributed by atoms with E-state index in [1.165, 1.54) is 6.33 Å². The van der Waals surface area contributed by atoms with Gasteiger partial charge < -0.3 is 5.11 Å². The fraction of sp³-hybridized carbons (Fsp3) is 0.0556. The number of carboxylic acid groups (broad SMARTS) is 1. The zero-order valence-corrected chi connectivity index (χ0v) is 14.3. The van der Waals surface area contributed by atoms with E-state index < -0.39 is 5.97 Å². The molecule has 2 heterocycles. The van der Waals surface area contributed by atoms with Crippen LogP contribution in [-0.2, 0) is 6.54 Å². The summed E-state index contributed by atoms with van der Waals surface area (Å²) in [6.45, 7) is 0.175. The third kappa shape index (κ3) is 2.62. The number of fused-ring (bicyclic) bond motifs is 3. The van der Waals surface area contributed by atoms with E-state index in [2.05, 4.69) is 9.98 Å². The van der Waals surface area contributed by atoms with E-state index in [4.69, 9.17) is 23.2 Å². The number of hydrogen-bond acceptors (Lipinski definition) is 3. The molecule has 1 aliphatic rings. The lowest BCUT2D eigenvalue weighted by molar-refractivity contribution is 0.0689. The number of aliphatic imine (C=N–C) groups is 1. The molecule has 0 saturated carbocycles. The van der Waals surface area contributed by atoms with E-state index in [1.807, 2.05) is 24.3 Å². The van der Waals surface area contributed by atoms with Crippen LogP contribution in [0.3, 0.4) is 0 Å². The minimum Gasteiger partial charge on any atom is -0.476 e. The quantitative estimate of drug-likeness (QED) is 0.732. The normalized spacial score (nSPS) is 12.8. The Morgan fingerprint density at radius 3 is 2.68 bits per heavy atom. The van der Waals surface area contributed by atoms with Crippen LogP contribution in [0.1, 0.15) is 27.3 Å². The maximum Gasteiger partial charge on any atom is 0.356 e. The molecule has 7 heteroatoms. The Hall–Kier alpha value is -2.63. The Morgan fingerprint density at radius 1 is 1.12 bits per heavy atom. The van der Waals surface area contributed by atoms with Gasteiger partial charge in [0.1, 0.15) is 6.33 Å². The van der Waals surface area contributed by atoms with E-state index in [9.17, 15) is 9.90 Å². The average Bonchev–Trinajstić information content (AvgIpc) is 2.95. The molecule has 1 aromatic heterocycles. The van der Waals surface area contributed by atoms with Gasteiger partial charge in [-0.1, -0.05) is 41.4 Å². The molecule has 0 unspecified atom stereocenters. The standard InChI is InChI=1S/C18H11Cl2N3O2/c19-10-5-6-12-14(7-10)23-9-22-17(18(24)25)15(23)8-21-16(12)11-3-1-2-4-13(11)20/h1-7,9H,8H2,(H,24,25). The van der Waals surface area contributed by atoms with E-state index >= 15 is 0 Å². The van der Waals surface area contributed by atoms with Crippen LogP contribution < -0.4 is 0 Å². The van der Waals surface area contributed by atoms with Crippen LogP contribution in [0.4, 0.5) is 0 Å². The minimum atomic E-state index is -1.09. The number of rotatable bonds is 2. The summed E-state index contributed by atoms with van der Waals surface area (Å²) in [4.78, 5) is 20.1. The molecule has 0 saturated heterocycles. The second kappa shape index (κ2) is 6.02. The van der Waals surface area contributed by atoms with Gasteiger partial charge >= 0.3 is 5.97 Å². The molecule has 124 valence electrons. The number of nitrogens with zero attached hydrogens (tertiary/aromatic N) is 3. The van der Waals surface area contributed by atoms with Crippen molar-refractivity contribution in [1.29, 1.82) is 0 Å². The highest BCUT2D eigenvalue weighted by Crippen LogP contribution is 2.30. The molecule has 0 radical (unpaired) electrons. The van der Waals surface area contributed by atoms with Crippen molar-refractivity contribution in [2.75, 3.05) is 0 Å². The molecule has 0 bridgehead atoms. The van der Waals surface area contributed by atoms with Crippen LogP contribution in [0.25, 0.3) is 5.69 Å². The molecule has 0 fully saturated rings. The number of carbonyl (C=O) groups is 1. The van der Waals surface area contributed by atoms with Gasteiger partial charge in [0.05, 0.1) is 23.6 Å². The summed E-state index contributed by atoms with van der Waals surface area (Å²) >= 11 is 12.5. The van der Waals surface area contributed by atoms with Gasteiger partial charge in [-0.25, -0.2) is 9.78 Å². The molecule has 4 rings (SSSR count). The third-order valence-corrected chi connectivity index (χ3v) is 4.62. The molecular weight excluding hydrogens is 361 g/mol. The van der Waals surface area contributed by atoms with Gasteiger partial charge in [0.15, 0.2) is 5.69 Å². The molecule has 1 N–H and O–H groups in total. The molecule has 0 aliphatic carbocycles. The van der Waals surface area contributed by atoms with Crippen LogP contribution in [0, 0.1) is 0 Å². The Kier molecular flexibility index (Phi) is 3.82. The van der Waals surface area contributed by atoms with Crippen LogP contribution in [-0.4, -0.2) is 26.3 Å². The first-order chi connectivity index (χ1) is 12.1. The summed E-state index contributed by atoms with van der Waals surface area (Å²) in [5.74, 6) is -1.09. The van der Waals surface area contributed by atoms with Crippen molar-refractivity contribution in [1.82, 2.24) is 9.55 Å². The number of hydrogen-bond donors (Lipinski definition) is 1. The SMILES string of the molecule is O=C(O)c1ncn2c1CN=C(c1ccccc1Cl)c1ccc(Cl)cc1-2. The number of benzene rings is 2. The van der Waals surface area contributed by atoms with Gasteiger partial charge in [-0.05, 0) is 24.3 Å². The molecule has 25 heavy (non-hydrogen) atoms. The topological polar surface area (TPSA) is 67.5 Å². The van der Waals surface area contributed by atoms with Gasteiger partial charge in [-0.15, -0.1) is 0 Å². The van der Waals surface area contributed by atoms with Gasteiger partial charge in [-0.3, -0.25) is 9.56 Å².